The van der Waals surface area contributed by atoms with Crippen molar-refractivity contribution in [3.05, 3.63) is 62.6 Å². The van der Waals surface area contributed by atoms with Crippen molar-refractivity contribution < 1.29 is 14.6 Å². The summed E-state index contributed by atoms with van der Waals surface area (Å²) in [7, 11) is 0. The van der Waals surface area contributed by atoms with E-state index in [9.17, 15) is 9.90 Å². The van der Waals surface area contributed by atoms with Crippen molar-refractivity contribution in [3.8, 4) is 5.75 Å². The Morgan fingerprint density at radius 1 is 1.19 bits per heavy atom. The molecule has 0 heterocycles. The van der Waals surface area contributed by atoms with Gasteiger partial charge in [0.15, 0.2) is 0 Å². The number of hydrogen-bond donors (Lipinski definition) is 1. The van der Waals surface area contributed by atoms with Gasteiger partial charge in [-0.05, 0) is 65.5 Å². The Morgan fingerprint density at radius 3 is 2.38 bits per heavy atom. The van der Waals surface area contributed by atoms with Crippen LogP contribution in [0.2, 0.25) is 0 Å². The third kappa shape index (κ3) is 3.45. The fraction of sp³-hybridized carbons (Fsp3) is 0.235. The maximum absolute atomic E-state index is 11.3. The van der Waals surface area contributed by atoms with Gasteiger partial charge in [-0.3, -0.25) is 0 Å². The van der Waals surface area contributed by atoms with Gasteiger partial charge in [0.2, 0.25) is 0 Å². The fourth-order valence-corrected chi connectivity index (χ4v) is 2.89. The number of aryl methyl sites for hydroxylation is 3. The molecule has 0 saturated heterocycles. The zero-order valence-electron chi connectivity index (χ0n) is 12.2. The van der Waals surface area contributed by atoms with Gasteiger partial charge in [0.05, 0.1) is 4.47 Å². The molecule has 0 bridgehead atoms. The third-order valence-corrected chi connectivity index (χ3v) is 4.02. The molecule has 0 fully saturated rings. The van der Waals surface area contributed by atoms with E-state index in [1.807, 2.05) is 13.8 Å². The first-order valence-electron chi connectivity index (χ1n) is 6.61. The molecule has 1 N–H and O–H groups in total. The first-order valence-corrected chi connectivity index (χ1v) is 7.40. The summed E-state index contributed by atoms with van der Waals surface area (Å²) in [6, 6.07) is 9.20. The highest BCUT2D eigenvalue weighted by Crippen LogP contribution is 2.30. The van der Waals surface area contributed by atoms with Crippen LogP contribution < -0.4 is 4.74 Å². The van der Waals surface area contributed by atoms with Crippen molar-refractivity contribution in [1.29, 1.82) is 0 Å². The molecule has 0 saturated carbocycles. The average Bonchev–Trinajstić information content (AvgIpc) is 2.38. The highest BCUT2D eigenvalue weighted by molar-refractivity contribution is 9.10. The summed E-state index contributed by atoms with van der Waals surface area (Å²) in [5.74, 6) is -0.631. The molecule has 4 heteroatoms. The number of aromatic carboxylic acids is 1. The van der Waals surface area contributed by atoms with Crippen molar-refractivity contribution in [2.45, 2.75) is 27.4 Å². The number of halogens is 1. The lowest BCUT2D eigenvalue weighted by atomic mass is 10.0. The highest BCUT2D eigenvalue weighted by atomic mass is 79.9. The van der Waals surface area contributed by atoms with E-state index in [-0.39, 0.29) is 5.56 Å². The Kier molecular flexibility index (Phi) is 4.68. The molecule has 0 atom stereocenters. The Labute approximate surface area is 132 Å². The second-order valence-corrected chi connectivity index (χ2v) is 5.94. The molecule has 2 rings (SSSR count). The van der Waals surface area contributed by atoms with Gasteiger partial charge in [0, 0.05) is 0 Å². The maximum atomic E-state index is 11.3. The van der Waals surface area contributed by atoms with Gasteiger partial charge in [0.25, 0.3) is 0 Å². The minimum Gasteiger partial charge on any atom is -0.487 e. The molecular weight excluding hydrogens is 332 g/mol. The van der Waals surface area contributed by atoms with E-state index >= 15 is 0 Å². The molecule has 0 unspecified atom stereocenters. The maximum Gasteiger partial charge on any atom is 0.339 e. The van der Waals surface area contributed by atoms with Crippen molar-refractivity contribution in [3.63, 3.8) is 0 Å². The van der Waals surface area contributed by atoms with Gasteiger partial charge < -0.3 is 9.84 Å². The third-order valence-electron chi connectivity index (χ3n) is 3.40. The Hall–Kier alpha value is -1.81. The van der Waals surface area contributed by atoms with Crippen LogP contribution in [0.5, 0.6) is 5.75 Å². The van der Waals surface area contributed by atoms with Gasteiger partial charge >= 0.3 is 5.97 Å². The van der Waals surface area contributed by atoms with E-state index in [0.29, 0.717) is 16.8 Å². The molecule has 0 aliphatic rings. The molecule has 2 aromatic rings. The zero-order chi connectivity index (χ0) is 15.6. The van der Waals surface area contributed by atoms with Gasteiger partial charge in [-0.25, -0.2) is 4.79 Å². The minimum absolute atomic E-state index is 0.159. The van der Waals surface area contributed by atoms with E-state index in [1.54, 1.807) is 12.1 Å². The summed E-state index contributed by atoms with van der Waals surface area (Å²) >= 11 is 3.35. The molecule has 0 aliphatic carbocycles. The van der Waals surface area contributed by atoms with Crippen LogP contribution in [0.3, 0.4) is 0 Å². The normalized spacial score (nSPS) is 10.5. The van der Waals surface area contributed by atoms with Crippen molar-refractivity contribution >= 4 is 21.9 Å². The quantitative estimate of drug-likeness (QED) is 0.874. The largest absolute Gasteiger partial charge is 0.487 e. The number of carboxylic acids is 1. The van der Waals surface area contributed by atoms with Crippen molar-refractivity contribution in [2.75, 3.05) is 0 Å². The Bertz CT molecular complexity index is 669. The summed E-state index contributed by atoms with van der Waals surface area (Å²) in [6.45, 7) is 6.48. The van der Waals surface area contributed by atoms with Crippen LogP contribution in [0.4, 0.5) is 0 Å². The van der Waals surface area contributed by atoms with Crippen LogP contribution in [-0.4, -0.2) is 11.1 Å². The summed E-state index contributed by atoms with van der Waals surface area (Å²) < 4.78 is 6.43. The van der Waals surface area contributed by atoms with Crippen LogP contribution >= 0.6 is 15.9 Å². The lowest BCUT2D eigenvalue weighted by molar-refractivity contribution is 0.0691. The van der Waals surface area contributed by atoms with Crippen LogP contribution in [0.25, 0.3) is 0 Å². The molecule has 110 valence electrons. The second-order valence-electron chi connectivity index (χ2n) is 5.09. The summed E-state index contributed by atoms with van der Waals surface area (Å²) in [5.41, 5.74) is 4.76. The first kappa shape index (κ1) is 15.6. The van der Waals surface area contributed by atoms with Crippen LogP contribution in [0.1, 0.15) is 32.6 Å². The monoisotopic (exact) mass is 348 g/mol. The second kappa shape index (κ2) is 6.31. The highest BCUT2D eigenvalue weighted by Gasteiger charge is 2.15. The first-order chi connectivity index (χ1) is 9.90. The topological polar surface area (TPSA) is 46.5 Å². The number of hydrogen-bond acceptors (Lipinski definition) is 2. The van der Waals surface area contributed by atoms with Gasteiger partial charge in [0.1, 0.15) is 17.9 Å². The average molecular weight is 349 g/mol. The lowest BCUT2D eigenvalue weighted by Crippen LogP contribution is -2.06. The number of ether oxygens (including phenoxy) is 1. The predicted octanol–water partition coefficient (Wildman–Crippen LogP) is 4.65. The molecule has 0 aromatic heterocycles. The summed E-state index contributed by atoms with van der Waals surface area (Å²) in [4.78, 5) is 11.3. The molecule has 0 radical (unpaired) electrons. The molecule has 2 aromatic carbocycles. The number of carbonyl (C=O) groups is 1. The summed E-state index contributed by atoms with van der Waals surface area (Å²) in [6.07, 6.45) is 0. The molecule has 3 nitrogen and oxygen atoms in total. The number of rotatable bonds is 4. The molecule has 21 heavy (non-hydrogen) atoms. The number of para-hydroxylation sites is 1. The van der Waals surface area contributed by atoms with Crippen LogP contribution in [0, 0.1) is 20.8 Å². The predicted molar refractivity (Wildman–Crippen MR) is 86.1 cm³/mol. The van der Waals surface area contributed by atoms with Crippen molar-refractivity contribution in [1.82, 2.24) is 0 Å². The van der Waals surface area contributed by atoms with E-state index in [0.717, 1.165) is 16.7 Å². The van der Waals surface area contributed by atoms with E-state index in [2.05, 4.69) is 35.0 Å². The zero-order valence-corrected chi connectivity index (χ0v) is 13.8. The van der Waals surface area contributed by atoms with E-state index in [4.69, 9.17) is 4.74 Å². The smallest absolute Gasteiger partial charge is 0.339 e. The minimum atomic E-state index is -0.997. The van der Waals surface area contributed by atoms with Gasteiger partial charge in [-0.1, -0.05) is 23.8 Å². The number of carboxylic acid groups (broad SMARTS) is 1. The molecule has 0 amide bonds. The fourth-order valence-electron chi connectivity index (χ4n) is 2.41. The Balaban J connectivity index is 2.31. The van der Waals surface area contributed by atoms with E-state index < -0.39 is 5.97 Å². The number of benzene rings is 2. The van der Waals surface area contributed by atoms with Gasteiger partial charge in [-0.15, -0.1) is 0 Å². The van der Waals surface area contributed by atoms with Gasteiger partial charge in [-0.2, -0.15) is 0 Å². The molecule has 0 aliphatic heterocycles. The van der Waals surface area contributed by atoms with E-state index in [1.165, 1.54) is 11.6 Å². The lowest BCUT2D eigenvalue weighted by Gasteiger charge is -2.15. The Morgan fingerprint density at radius 2 is 1.81 bits per heavy atom. The van der Waals surface area contributed by atoms with Crippen LogP contribution in [0.15, 0.2) is 34.8 Å². The standard InChI is InChI=1S/C17H17BrO3/c1-10-7-11(2)14(12(3)8-10)9-21-16-13(17(19)20)5-4-6-15(16)18/h4-8H,9H2,1-3H3,(H,19,20). The van der Waals surface area contributed by atoms with Crippen LogP contribution in [-0.2, 0) is 6.61 Å². The SMILES string of the molecule is Cc1cc(C)c(COc2c(Br)cccc2C(=O)O)c(C)c1. The summed E-state index contributed by atoms with van der Waals surface area (Å²) in [5, 5.41) is 9.23. The molecule has 0 spiro atoms. The van der Waals surface area contributed by atoms with Crippen molar-refractivity contribution in [2.24, 2.45) is 0 Å². The molecular formula is C17H17BrO3.